The van der Waals surface area contributed by atoms with Gasteiger partial charge in [0.25, 0.3) is 0 Å². The predicted molar refractivity (Wildman–Crippen MR) is 95.3 cm³/mol. The van der Waals surface area contributed by atoms with Gasteiger partial charge in [-0.15, -0.1) is 11.3 Å². The summed E-state index contributed by atoms with van der Waals surface area (Å²) in [6.07, 6.45) is 4.08. The van der Waals surface area contributed by atoms with Crippen LogP contribution in [0.15, 0.2) is 34.1 Å². The fourth-order valence-corrected chi connectivity index (χ4v) is 4.72. The normalized spacial score (nSPS) is 16.7. The Kier molecular flexibility index (Phi) is 4.82. The largest absolute Gasteiger partial charge is 0.306 e. The van der Waals surface area contributed by atoms with Crippen LogP contribution in [0.3, 0.4) is 0 Å². The standard InChI is InChI=1S/C18H22BrNS/c1-3-20-17(16-11-12(2)18(19)21-16)15-10-5-4-9-14(15)13-7-6-8-13/h4-5,9-11,13,17,20H,3,6-8H2,1-2H3. The highest BCUT2D eigenvalue weighted by molar-refractivity contribution is 9.11. The van der Waals surface area contributed by atoms with E-state index in [0.29, 0.717) is 6.04 Å². The molecule has 1 aromatic carbocycles. The van der Waals surface area contributed by atoms with E-state index in [1.807, 2.05) is 11.3 Å². The Morgan fingerprint density at radius 2 is 2.10 bits per heavy atom. The van der Waals surface area contributed by atoms with Crippen molar-refractivity contribution < 1.29 is 0 Å². The molecule has 2 aromatic rings. The van der Waals surface area contributed by atoms with Crippen molar-refractivity contribution in [1.82, 2.24) is 5.32 Å². The van der Waals surface area contributed by atoms with Gasteiger partial charge in [-0.2, -0.15) is 0 Å². The Labute approximate surface area is 139 Å². The van der Waals surface area contributed by atoms with E-state index in [0.717, 1.165) is 12.5 Å². The van der Waals surface area contributed by atoms with Crippen molar-refractivity contribution >= 4 is 27.3 Å². The maximum Gasteiger partial charge on any atom is 0.0731 e. The molecule has 1 aromatic heterocycles. The lowest BCUT2D eigenvalue weighted by molar-refractivity contribution is 0.414. The highest BCUT2D eigenvalue weighted by Gasteiger charge is 2.26. The Bertz CT molecular complexity index is 596. The minimum atomic E-state index is 0.321. The summed E-state index contributed by atoms with van der Waals surface area (Å²) in [5.74, 6) is 0.770. The van der Waals surface area contributed by atoms with E-state index >= 15 is 0 Å². The summed E-state index contributed by atoms with van der Waals surface area (Å²) >= 11 is 5.53. The third-order valence-electron chi connectivity index (χ3n) is 4.42. The summed E-state index contributed by atoms with van der Waals surface area (Å²) in [5.41, 5.74) is 4.36. The van der Waals surface area contributed by atoms with Gasteiger partial charge < -0.3 is 5.32 Å². The number of rotatable bonds is 5. The summed E-state index contributed by atoms with van der Waals surface area (Å²) in [7, 11) is 0. The van der Waals surface area contributed by atoms with E-state index < -0.39 is 0 Å². The second kappa shape index (κ2) is 6.64. The van der Waals surface area contributed by atoms with Gasteiger partial charge in [-0.05, 0) is 70.9 Å². The molecule has 112 valence electrons. The van der Waals surface area contributed by atoms with Gasteiger partial charge in [0.2, 0.25) is 0 Å². The lowest BCUT2D eigenvalue weighted by Crippen LogP contribution is -2.24. The molecule has 0 bridgehead atoms. The van der Waals surface area contributed by atoms with Crippen molar-refractivity contribution in [2.75, 3.05) is 6.54 Å². The topological polar surface area (TPSA) is 12.0 Å². The van der Waals surface area contributed by atoms with Gasteiger partial charge in [-0.25, -0.2) is 0 Å². The molecule has 1 saturated carbocycles. The van der Waals surface area contributed by atoms with Crippen LogP contribution in [0.1, 0.15) is 59.7 Å². The van der Waals surface area contributed by atoms with E-state index in [1.54, 1.807) is 5.56 Å². The van der Waals surface area contributed by atoms with Crippen LogP contribution in [0.2, 0.25) is 0 Å². The molecule has 1 unspecified atom stereocenters. The van der Waals surface area contributed by atoms with E-state index in [2.05, 4.69) is 65.4 Å². The molecule has 3 heteroatoms. The van der Waals surface area contributed by atoms with Crippen LogP contribution in [0.5, 0.6) is 0 Å². The zero-order valence-corrected chi connectivity index (χ0v) is 15.1. The van der Waals surface area contributed by atoms with Gasteiger partial charge in [-0.1, -0.05) is 37.6 Å². The molecule has 1 fully saturated rings. The molecule has 1 atom stereocenters. The molecule has 1 nitrogen and oxygen atoms in total. The summed E-state index contributed by atoms with van der Waals surface area (Å²) in [6.45, 7) is 5.34. The molecule has 0 spiro atoms. The van der Waals surface area contributed by atoms with Crippen molar-refractivity contribution in [2.24, 2.45) is 0 Å². The fourth-order valence-electron chi connectivity index (χ4n) is 3.06. The highest BCUT2D eigenvalue weighted by Crippen LogP contribution is 2.42. The van der Waals surface area contributed by atoms with Crippen LogP contribution in [0, 0.1) is 6.92 Å². The average Bonchev–Trinajstić information content (AvgIpc) is 2.75. The Morgan fingerprint density at radius 3 is 2.67 bits per heavy atom. The van der Waals surface area contributed by atoms with Crippen molar-refractivity contribution in [2.45, 2.75) is 45.1 Å². The number of benzene rings is 1. The van der Waals surface area contributed by atoms with Gasteiger partial charge in [-0.3, -0.25) is 0 Å². The molecule has 3 rings (SSSR count). The molecule has 1 N–H and O–H groups in total. The predicted octanol–water partition coefficient (Wildman–Crippen LogP) is 5.79. The van der Waals surface area contributed by atoms with Crippen LogP contribution in [0.4, 0.5) is 0 Å². The van der Waals surface area contributed by atoms with E-state index in [9.17, 15) is 0 Å². The highest BCUT2D eigenvalue weighted by atomic mass is 79.9. The van der Waals surface area contributed by atoms with E-state index in [-0.39, 0.29) is 0 Å². The molecule has 21 heavy (non-hydrogen) atoms. The Balaban J connectivity index is 2.01. The summed E-state index contributed by atoms with van der Waals surface area (Å²) in [6, 6.07) is 11.7. The van der Waals surface area contributed by atoms with Crippen LogP contribution >= 0.6 is 27.3 Å². The van der Waals surface area contributed by atoms with Crippen LogP contribution < -0.4 is 5.32 Å². The fraction of sp³-hybridized carbons (Fsp3) is 0.444. The quantitative estimate of drug-likeness (QED) is 0.709. The van der Waals surface area contributed by atoms with Crippen LogP contribution in [0.25, 0.3) is 0 Å². The Hall–Kier alpha value is -0.640. The van der Waals surface area contributed by atoms with Crippen molar-refractivity contribution in [3.63, 3.8) is 0 Å². The molecular formula is C18H22BrNS. The first-order chi connectivity index (χ1) is 10.2. The zero-order chi connectivity index (χ0) is 14.8. The third-order valence-corrected chi connectivity index (χ3v) is 6.62. The molecule has 0 saturated heterocycles. The zero-order valence-electron chi connectivity index (χ0n) is 12.7. The number of aryl methyl sites for hydroxylation is 1. The molecule has 1 aliphatic carbocycles. The first-order valence-corrected chi connectivity index (χ1v) is 9.39. The molecular weight excluding hydrogens is 342 g/mol. The first-order valence-electron chi connectivity index (χ1n) is 7.78. The Morgan fingerprint density at radius 1 is 1.33 bits per heavy atom. The van der Waals surface area contributed by atoms with Gasteiger partial charge in [0, 0.05) is 4.88 Å². The molecule has 0 amide bonds. The van der Waals surface area contributed by atoms with Gasteiger partial charge >= 0.3 is 0 Å². The van der Waals surface area contributed by atoms with E-state index in [1.165, 1.54) is 39.1 Å². The number of hydrogen-bond acceptors (Lipinski definition) is 2. The van der Waals surface area contributed by atoms with E-state index in [4.69, 9.17) is 0 Å². The van der Waals surface area contributed by atoms with Crippen molar-refractivity contribution in [3.8, 4) is 0 Å². The molecule has 1 heterocycles. The van der Waals surface area contributed by atoms with Crippen molar-refractivity contribution in [1.29, 1.82) is 0 Å². The maximum atomic E-state index is 3.69. The maximum absolute atomic E-state index is 3.69. The number of thiophene rings is 1. The first kappa shape index (κ1) is 15.3. The minimum Gasteiger partial charge on any atom is -0.306 e. The molecule has 1 aliphatic rings. The second-order valence-electron chi connectivity index (χ2n) is 5.85. The number of nitrogens with one attached hydrogen (secondary N) is 1. The summed E-state index contributed by atoms with van der Waals surface area (Å²) in [4.78, 5) is 1.41. The number of halogens is 1. The van der Waals surface area contributed by atoms with Gasteiger partial charge in [0.1, 0.15) is 0 Å². The van der Waals surface area contributed by atoms with Gasteiger partial charge in [0.05, 0.1) is 9.83 Å². The van der Waals surface area contributed by atoms with Crippen LogP contribution in [-0.2, 0) is 0 Å². The molecule has 0 radical (unpaired) electrons. The monoisotopic (exact) mass is 363 g/mol. The van der Waals surface area contributed by atoms with Crippen LogP contribution in [-0.4, -0.2) is 6.54 Å². The van der Waals surface area contributed by atoms with Crippen molar-refractivity contribution in [3.05, 3.63) is 55.7 Å². The molecule has 0 aliphatic heterocycles. The number of hydrogen-bond donors (Lipinski definition) is 1. The SMILES string of the molecule is CCNC(c1cc(C)c(Br)s1)c1ccccc1C1CCC1. The second-order valence-corrected chi connectivity index (χ2v) is 8.25. The summed E-state index contributed by atoms with van der Waals surface area (Å²) < 4.78 is 1.25. The van der Waals surface area contributed by atoms with Gasteiger partial charge in [0.15, 0.2) is 0 Å². The summed E-state index contributed by atoms with van der Waals surface area (Å²) in [5, 5.41) is 3.69. The lowest BCUT2D eigenvalue weighted by atomic mass is 9.77. The average molecular weight is 364 g/mol. The smallest absolute Gasteiger partial charge is 0.0731 e. The minimum absolute atomic E-state index is 0.321. The lowest BCUT2D eigenvalue weighted by Gasteiger charge is -2.30. The third kappa shape index (κ3) is 3.10.